The topological polar surface area (TPSA) is 156 Å². The number of amides is 3. The van der Waals surface area contributed by atoms with Gasteiger partial charge in [-0.25, -0.2) is 0 Å². The molecule has 0 radical (unpaired) electrons. The number of aromatic amines is 1. The molecule has 2 aromatic rings. The summed E-state index contributed by atoms with van der Waals surface area (Å²) in [5.41, 5.74) is 0.161. The highest BCUT2D eigenvalue weighted by molar-refractivity contribution is 6.02. The number of hydrogen-bond acceptors (Lipinski definition) is 7. The van der Waals surface area contributed by atoms with Gasteiger partial charge in [0, 0.05) is 23.4 Å². The van der Waals surface area contributed by atoms with E-state index in [2.05, 4.69) is 20.9 Å². The van der Waals surface area contributed by atoms with Gasteiger partial charge in [0.15, 0.2) is 12.4 Å². The maximum absolute atomic E-state index is 13.5. The second kappa shape index (κ2) is 13.6. The van der Waals surface area contributed by atoms with E-state index in [1.165, 1.54) is 0 Å². The third-order valence-corrected chi connectivity index (χ3v) is 7.00. The van der Waals surface area contributed by atoms with Gasteiger partial charge in [-0.2, -0.15) is 0 Å². The Morgan fingerprint density at radius 3 is 2.46 bits per heavy atom. The van der Waals surface area contributed by atoms with E-state index in [0.29, 0.717) is 30.7 Å². The molecular formula is C30H42N4O7. The van der Waals surface area contributed by atoms with E-state index < -0.39 is 53.6 Å². The van der Waals surface area contributed by atoms with Crippen LogP contribution in [0.4, 0.5) is 0 Å². The number of benzene rings is 1. The molecule has 4 N–H and O–H groups in total. The van der Waals surface area contributed by atoms with Crippen LogP contribution in [0.25, 0.3) is 10.9 Å². The summed E-state index contributed by atoms with van der Waals surface area (Å²) >= 11 is 0. The maximum Gasteiger partial charge on any atom is 0.311 e. The van der Waals surface area contributed by atoms with Crippen molar-refractivity contribution in [3.63, 3.8) is 0 Å². The molecule has 11 heteroatoms. The number of ether oxygens (including phenoxy) is 2. The Balaban J connectivity index is 1.78. The zero-order chi connectivity index (χ0) is 30.3. The Kier molecular flexibility index (Phi) is 10.5. The molecule has 3 rings (SSSR count). The first-order valence-electron chi connectivity index (χ1n) is 14.0. The molecule has 0 bridgehead atoms. The lowest BCUT2D eigenvalue weighted by atomic mass is 9.89. The van der Waals surface area contributed by atoms with Crippen molar-refractivity contribution in [3.8, 4) is 5.75 Å². The third-order valence-electron chi connectivity index (χ3n) is 7.00. The molecule has 1 aliphatic heterocycles. The number of aromatic nitrogens is 1. The molecule has 11 nitrogen and oxygen atoms in total. The van der Waals surface area contributed by atoms with Gasteiger partial charge in [0.25, 0.3) is 5.91 Å². The zero-order valence-electron chi connectivity index (χ0n) is 24.7. The van der Waals surface area contributed by atoms with Crippen LogP contribution in [0.15, 0.2) is 24.3 Å². The van der Waals surface area contributed by atoms with Crippen molar-refractivity contribution in [1.29, 1.82) is 0 Å². The summed E-state index contributed by atoms with van der Waals surface area (Å²) in [6, 6.07) is 5.03. The van der Waals surface area contributed by atoms with Crippen LogP contribution in [0, 0.1) is 17.3 Å². The van der Waals surface area contributed by atoms with Gasteiger partial charge in [-0.3, -0.25) is 24.0 Å². The molecule has 41 heavy (non-hydrogen) atoms. The van der Waals surface area contributed by atoms with Crippen LogP contribution in [0.2, 0.25) is 0 Å². The molecular weight excluding hydrogens is 528 g/mol. The number of Topliss-reactive ketones (excluding diaryl/α,β-unsaturated/α-hetero) is 1. The van der Waals surface area contributed by atoms with Gasteiger partial charge in [-0.05, 0) is 70.6 Å². The molecule has 1 aromatic carbocycles. The van der Waals surface area contributed by atoms with Crippen LogP contribution in [-0.4, -0.2) is 66.8 Å². The lowest BCUT2D eigenvalue weighted by Gasteiger charge is -2.28. The van der Waals surface area contributed by atoms with E-state index in [-0.39, 0.29) is 23.9 Å². The third kappa shape index (κ3) is 8.55. The Hall–Kier alpha value is -3.89. The highest BCUT2D eigenvalue weighted by Crippen LogP contribution is 2.26. The van der Waals surface area contributed by atoms with Crippen LogP contribution >= 0.6 is 0 Å². The maximum atomic E-state index is 13.5. The van der Waals surface area contributed by atoms with Crippen molar-refractivity contribution in [1.82, 2.24) is 20.9 Å². The van der Waals surface area contributed by atoms with Crippen LogP contribution in [0.5, 0.6) is 5.75 Å². The number of fused-ring (bicyclic) bond motifs is 1. The average Bonchev–Trinajstić information content (AvgIpc) is 3.36. The van der Waals surface area contributed by atoms with Gasteiger partial charge in [-0.15, -0.1) is 0 Å². The van der Waals surface area contributed by atoms with Crippen molar-refractivity contribution >= 4 is 40.4 Å². The lowest BCUT2D eigenvalue weighted by Crippen LogP contribution is -2.54. The van der Waals surface area contributed by atoms with E-state index >= 15 is 0 Å². The molecule has 224 valence electrons. The van der Waals surface area contributed by atoms with Crippen LogP contribution in [0.3, 0.4) is 0 Å². The summed E-state index contributed by atoms with van der Waals surface area (Å²) in [5.74, 6) is -2.13. The number of esters is 1. The normalized spacial score (nSPS) is 17.0. The molecule has 0 unspecified atom stereocenters. The van der Waals surface area contributed by atoms with E-state index in [0.717, 1.165) is 11.8 Å². The predicted molar refractivity (Wildman–Crippen MR) is 153 cm³/mol. The number of H-pyrrole nitrogens is 1. The number of piperidine rings is 1. The molecule has 1 aliphatic rings. The highest BCUT2D eigenvalue weighted by Gasteiger charge is 2.34. The van der Waals surface area contributed by atoms with Crippen molar-refractivity contribution in [2.75, 3.05) is 20.3 Å². The summed E-state index contributed by atoms with van der Waals surface area (Å²) in [6.45, 7) is 8.89. The Labute approximate surface area is 240 Å². The molecule has 3 amide bonds. The molecule has 0 saturated carbocycles. The van der Waals surface area contributed by atoms with Gasteiger partial charge >= 0.3 is 5.97 Å². The molecule has 0 aliphatic carbocycles. The largest absolute Gasteiger partial charge is 0.496 e. The van der Waals surface area contributed by atoms with Gasteiger partial charge in [0.2, 0.25) is 11.8 Å². The fourth-order valence-electron chi connectivity index (χ4n) is 4.71. The zero-order valence-corrected chi connectivity index (χ0v) is 24.7. The van der Waals surface area contributed by atoms with Gasteiger partial charge in [0.05, 0.1) is 18.6 Å². The molecule has 1 fully saturated rings. The second-order valence-electron chi connectivity index (χ2n) is 12.0. The van der Waals surface area contributed by atoms with Crippen molar-refractivity contribution < 1.29 is 33.4 Å². The predicted octanol–water partition coefficient (Wildman–Crippen LogP) is 2.88. The Morgan fingerprint density at radius 2 is 1.83 bits per heavy atom. The summed E-state index contributed by atoms with van der Waals surface area (Å²) in [7, 11) is 1.54. The van der Waals surface area contributed by atoms with E-state index in [1.807, 2.05) is 19.9 Å². The highest BCUT2D eigenvalue weighted by atomic mass is 16.5. The average molecular weight is 571 g/mol. The van der Waals surface area contributed by atoms with Crippen molar-refractivity contribution in [3.05, 3.63) is 30.0 Å². The minimum atomic E-state index is -1.08. The molecule has 3 atom stereocenters. The van der Waals surface area contributed by atoms with Crippen LogP contribution in [-0.2, 0) is 23.9 Å². The molecule has 2 heterocycles. The van der Waals surface area contributed by atoms with Crippen LogP contribution in [0.1, 0.15) is 70.8 Å². The summed E-state index contributed by atoms with van der Waals surface area (Å²) < 4.78 is 10.6. The molecule has 0 spiro atoms. The Bertz CT molecular complexity index is 1280. The van der Waals surface area contributed by atoms with Crippen LogP contribution < -0.4 is 20.7 Å². The summed E-state index contributed by atoms with van der Waals surface area (Å²) in [5, 5.41) is 9.06. The fourth-order valence-corrected chi connectivity index (χ4v) is 4.71. The number of carbonyl (C=O) groups excluding carboxylic acids is 5. The van der Waals surface area contributed by atoms with Gasteiger partial charge in [-0.1, -0.05) is 19.9 Å². The van der Waals surface area contributed by atoms with E-state index in [1.54, 1.807) is 46.1 Å². The lowest BCUT2D eigenvalue weighted by molar-refractivity contribution is -0.156. The number of methoxy groups -OCH3 is 1. The SMILES string of the molecule is COc1cccc2[nH]c(C(=O)N[C@@H](CC(C)C)C(=O)N[C@@H](C[C@@H]3CCCNC3=O)C(=O)COC(=O)C(C)(C)C)cc12. The monoisotopic (exact) mass is 570 g/mol. The number of ketones is 1. The standard InChI is InChI=1S/C30H42N4O7/c1-17(2)13-22(34-28(38)23-15-19-20(32-23)10-7-11-25(19)40-6)27(37)33-21(14-18-9-8-12-31-26(18)36)24(35)16-41-29(39)30(3,4)5/h7,10-11,15,17-18,21-22,32H,8-9,12-14,16H2,1-6H3,(H,31,36)(H,33,37)(H,34,38)/t18-,21-,22-/m0/s1. The van der Waals surface area contributed by atoms with E-state index in [9.17, 15) is 24.0 Å². The first-order chi connectivity index (χ1) is 19.3. The smallest absolute Gasteiger partial charge is 0.311 e. The first-order valence-corrected chi connectivity index (χ1v) is 14.0. The van der Waals surface area contributed by atoms with Gasteiger partial charge in [0.1, 0.15) is 17.5 Å². The van der Waals surface area contributed by atoms with E-state index in [4.69, 9.17) is 9.47 Å². The molecule has 1 aromatic heterocycles. The number of carbonyl (C=O) groups is 5. The summed E-state index contributed by atoms with van der Waals surface area (Å²) in [4.78, 5) is 67.7. The van der Waals surface area contributed by atoms with Crippen molar-refractivity contribution in [2.45, 2.75) is 72.4 Å². The molecule has 1 saturated heterocycles. The van der Waals surface area contributed by atoms with Crippen molar-refractivity contribution in [2.24, 2.45) is 17.3 Å². The van der Waals surface area contributed by atoms with Gasteiger partial charge < -0.3 is 30.4 Å². The number of nitrogens with one attached hydrogen (secondary N) is 4. The summed E-state index contributed by atoms with van der Waals surface area (Å²) in [6.07, 6.45) is 1.70. The minimum absolute atomic E-state index is 0.0415. The number of rotatable bonds is 12. The fraction of sp³-hybridized carbons (Fsp3) is 0.567. The first kappa shape index (κ1) is 31.6. The minimum Gasteiger partial charge on any atom is -0.496 e. The quantitative estimate of drug-likeness (QED) is 0.286. The second-order valence-corrected chi connectivity index (χ2v) is 12.0. The number of hydrogen-bond donors (Lipinski definition) is 4. The Morgan fingerprint density at radius 1 is 1.10 bits per heavy atom.